The van der Waals surface area contributed by atoms with Gasteiger partial charge in [0.2, 0.25) is 0 Å². The molecule has 0 radical (unpaired) electrons. The Labute approximate surface area is 153 Å². The van der Waals surface area contributed by atoms with Crippen LogP contribution in [0.4, 0.5) is 0 Å². The molecule has 0 atom stereocenters. The van der Waals surface area contributed by atoms with E-state index in [0.717, 1.165) is 0 Å². The van der Waals surface area contributed by atoms with Crippen LogP contribution in [0.2, 0.25) is 0 Å². The second kappa shape index (κ2) is 7.21. The van der Waals surface area contributed by atoms with Crippen molar-refractivity contribution in [2.75, 3.05) is 7.11 Å². The molecule has 3 rings (SSSR count). The van der Waals surface area contributed by atoms with Gasteiger partial charge in [0.15, 0.2) is 17.3 Å². The maximum Gasteiger partial charge on any atom is 0.269 e. The van der Waals surface area contributed by atoms with Crippen LogP contribution in [0.15, 0.2) is 65.8 Å². The van der Waals surface area contributed by atoms with Crippen LogP contribution in [0.3, 0.4) is 0 Å². The highest BCUT2D eigenvalue weighted by Crippen LogP contribution is 2.33. The third kappa shape index (κ3) is 3.43. The van der Waals surface area contributed by atoms with Crippen molar-refractivity contribution in [3.05, 3.63) is 60.9 Å². The van der Waals surface area contributed by atoms with Gasteiger partial charge in [-0.05, 0) is 44.2 Å². The van der Waals surface area contributed by atoms with Crippen LogP contribution in [0, 0.1) is 0 Å². The lowest BCUT2D eigenvalue weighted by Crippen LogP contribution is -2.13. The standard InChI is InChI=1S/C19H20N2O4S/c1-14(2)25-17-10-9-15(13-18(17)24-3)19-20-11-12-21(19)26(22,23)16-7-5-4-6-8-16/h4-14H,1-3H3. The zero-order valence-corrected chi connectivity index (χ0v) is 15.6. The molecule has 136 valence electrons. The highest BCUT2D eigenvalue weighted by atomic mass is 32.2. The molecule has 1 heterocycles. The van der Waals surface area contributed by atoms with E-state index in [1.165, 1.54) is 16.4 Å². The van der Waals surface area contributed by atoms with Crippen LogP contribution < -0.4 is 9.47 Å². The Balaban J connectivity index is 2.07. The summed E-state index contributed by atoms with van der Waals surface area (Å²) in [6.45, 7) is 3.85. The van der Waals surface area contributed by atoms with E-state index in [9.17, 15) is 8.42 Å². The minimum absolute atomic E-state index is 0.00445. The summed E-state index contributed by atoms with van der Waals surface area (Å²) in [7, 11) is -2.20. The first-order valence-electron chi connectivity index (χ1n) is 8.12. The number of hydrogen-bond donors (Lipinski definition) is 0. The van der Waals surface area contributed by atoms with Gasteiger partial charge in [-0.15, -0.1) is 0 Å². The van der Waals surface area contributed by atoms with E-state index in [1.54, 1.807) is 55.6 Å². The largest absolute Gasteiger partial charge is 0.493 e. The monoisotopic (exact) mass is 372 g/mol. The molecule has 1 aromatic heterocycles. The first kappa shape index (κ1) is 18.0. The molecular weight excluding hydrogens is 352 g/mol. The molecule has 0 saturated carbocycles. The molecule has 0 aliphatic rings. The summed E-state index contributed by atoms with van der Waals surface area (Å²) in [6, 6.07) is 13.5. The van der Waals surface area contributed by atoms with Gasteiger partial charge < -0.3 is 9.47 Å². The predicted molar refractivity (Wildman–Crippen MR) is 99.0 cm³/mol. The van der Waals surface area contributed by atoms with Crippen LogP contribution in [0.25, 0.3) is 11.4 Å². The minimum atomic E-state index is -3.74. The Kier molecular flexibility index (Phi) is 4.99. The van der Waals surface area contributed by atoms with E-state index >= 15 is 0 Å². The Hall–Kier alpha value is -2.80. The van der Waals surface area contributed by atoms with Crippen molar-refractivity contribution in [2.45, 2.75) is 24.8 Å². The normalized spacial score (nSPS) is 11.5. The summed E-state index contributed by atoms with van der Waals surface area (Å²) in [5, 5.41) is 0. The topological polar surface area (TPSA) is 70.4 Å². The number of nitrogens with zero attached hydrogens (tertiary/aromatic N) is 2. The molecule has 0 bridgehead atoms. The summed E-state index contributed by atoms with van der Waals surface area (Å²) in [6.07, 6.45) is 2.89. The third-order valence-electron chi connectivity index (χ3n) is 3.69. The van der Waals surface area contributed by atoms with Gasteiger partial charge >= 0.3 is 0 Å². The van der Waals surface area contributed by atoms with Crippen molar-refractivity contribution in [3.63, 3.8) is 0 Å². The van der Waals surface area contributed by atoms with E-state index in [2.05, 4.69) is 4.98 Å². The molecule has 0 N–H and O–H groups in total. The zero-order chi connectivity index (χ0) is 18.7. The predicted octanol–water partition coefficient (Wildman–Crippen LogP) is 3.58. The first-order valence-corrected chi connectivity index (χ1v) is 9.56. The summed E-state index contributed by atoms with van der Waals surface area (Å²) in [5.74, 6) is 1.42. The minimum Gasteiger partial charge on any atom is -0.493 e. The lowest BCUT2D eigenvalue weighted by molar-refractivity contribution is 0.230. The molecule has 0 fully saturated rings. The molecule has 26 heavy (non-hydrogen) atoms. The van der Waals surface area contributed by atoms with Gasteiger partial charge in [-0.25, -0.2) is 17.4 Å². The zero-order valence-electron chi connectivity index (χ0n) is 14.8. The van der Waals surface area contributed by atoms with Gasteiger partial charge in [0.25, 0.3) is 10.0 Å². The summed E-state index contributed by atoms with van der Waals surface area (Å²) < 4.78 is 38.1. The number of imidazole rings is 1. The van der Waals surface area contributed by atoms with Crippen molar-refractivity contribution >= 4 is 10.0 Å². The Morgan fingerprint density at radius 2 is 1.77 bits per heavy atom. The smallest absolute Gasteiger partial charge is 0.269 e. The number of rotatable bonds is 6. The lowest BCUT2D eigenvalue weighted by atomic mass is 10.2. The average molecular weight is 372 g/mol. The van der Waals surface area contributed by atoms with Crippen molar-refractivity contribution in [1.82, 2.24) is 8.96 Å². The van der Waals surface area contributed by atoms with Gasteiger partial charge in [0, 0.05) is 18.0 Å². The first-order chi connectivity index (χ1) is 12.4. The van der Waals surface area contributed by atoms with Crippen LogP contribution in [-0.2, 0) is 10.0 Å². The number of ether oxygens (including phenoxy) is 2. The second-order valence-corrected chi connectivity index (χ2v) is 7.71. The molecule has 6 nitrogen and oxygen atoms in total. The van der Waals surface area contributed by atoms with E-state index in [0.29, 0.717) is 22.9 Å². The van der Waals surface area contributed by atoms with Crippen LogP contribution >= 0.6 is 0 Å². The van der Waals surface area contributed by atoms with E-state index in [4.69, 9.17) is 9.47 Å². The molecule has 0 amide bonds. The maximum atomic E-state index is 12.9. The molecule has 0 spiro atoms. The third-order valence-corrected chi connectivity index (χ3v) is 5.37. The molecule has 0 aliphatic carbocycles. The maximum absolute atomic E-state index is 12.9. The van der Waals surface area contributed by atoms with Gasteiger partial charge in [0.1, 0.15) is 0 Å². The average Bonchev–Trinajstić information content (AvgIpc) is 3.13. The molecule has 0 aliphatic heterocycles. The Bertz CT molecular complexity index is 995. The summed E-state index contributed by atoms with van der Waals surface area (Å²) in [5.41, 5.74) is 0.613. The van der Waals surface area contributed by atoms with E-state index < -0.39 is 10.0 Å². The van der Waals surface area contributed by atoms with Crippen molar-refractivity contribution < 1.29 is 17.9 Å². The SMILES string of the molecule is COc1cc(-c2nccn2S(=O)(=O)c2ccccc2)ccc1OC(C)C. The lowest BCUT2D eigenvalue weighted by Gasteiger charge is -2.15. The number of hydrogen-bond acceptors (Lipinski definition) is 5. The molecule has 0 saturated heterocycles. The molecule has 7 heteroatoms. The molecule has 3 aromatic rings. The summed E-state index contributed by atoms with van der Waals surface area (Å²) >= 11 is 0. The van der Waals surface area contributed by atoms with E-state index in [1.807, 2.05) is 13.8 Å². The fourth-order valence-electron chi connectivity index (χ4n) is 2.55. The van der Waals surface area contributed by atoms with E-state index in [-0.39, 0.29) is 11.0 Å². The number of benzene rings is 2. The molecule has 0 unspecified atom stereocenters. The fourth-order valence-corrected chi connectivity index (χ4v) is 3.87. The van der Waals surface area contributed by atoms with Crippen LogP contribution in [0.5, 0.6) is 11.5 Å². The van der Waals surface area contributed by atoms with Crippen LogP contribution in [-0.4, -0.2) is 30.6 Å². The fraction of sp³-hybridized carbons (Fsp3) is 0.211. The Morgan fingerprint density at radius 1 is 1.04 bits per heavy atom. The van der Waals surface area contributed by atoms with Crippen molar-refractivity contribution in [3.8, 4) is 22.9 Å². The highest BCUT2D eigenvalue weighted by Gasteiger charge is 2.21. The highest BCUT2D eigenvalue weighted by molar-refractivity contribution is 7.90. The number of methoxy groups -OCH3 is 1. The van der Waals surface area contributed by atoms with Gasteiger partial charge in [0.05, 0.1) is 18.1 Å². The van der Waals surface area contributed by atoms with Crippen molar-refractivity contribution in [1.29, 1.82) is 0 Å². The van der Waals surface area contributed by atoms with Gasteiger partial charge in [-0.2, -0.15) is 0 Å². The Morgan fingerprint density at radius 3 is 2.42 bits per heavy atom. The van der Waals surface area contributed by atoms with Gasteiger partial charge in [-0.3, -0.25) is 0 Å². The van der Waals surface area contributed by atoms with Crippen molar-refractivity contribution in [2.24, 2.45) is 0 Å². The quantitative estimate of drug-likeness (QED) is 0.661. The second-order valence-electron chi connectivity index (χ2n) is 5.90. The van der Waals surface area contributed by atoms with Crippen LogP contribution in [0.1, 0.15) is 13.8 Å². The molecular formula is C19H20N2O4S. The summed E-state index contributed by atoms with van der Waals surface area (Å²) in [4.78, 5) is 4.43. The molecule has 2 aromatic carbocycles. The number of aromatic nitrogens is 2. The van der Waals surface area contributed by atoms with Gasteiger partial charge in [-0.1, -0.05) is 18.2 Å².